The lowest BCUT2D eigenvalue weighted by Gasteiger charge is -2.26. The van der Waals surface area contributed by atoms with Crippen LogP contribution in [0.1, 0.15) is 36.4 Å². The number of aryl methyl sites for hydroxylation is 2. The molecule has 1 aromatic heterocycles. The van der Waals surface area contributed by atoms with Gasteiger partial charge in [0, 0.05) is 31.7 Å². The zero-order valence-corrected chi connectivity index (χ0v) is 17.7. The molecule has 0 bridgehead atoms. The van der Waals surface area contributed by atoms with Crippen molar-refractivity contribution in [2.24, 2.45) is 5.92 Å². The molecule has 7 heteroatoms. The molecule has 1 fully saturated rings. The van der Waals surface area contributed by atoms with Crippen molar-refractivity contribution in [2.45, 2.75) is 47.0 Å². The van der Waals surface area contributed by atoms with Gasteiger partial charge in [-0.15, -0.1) is 0 Å². The minimum atomic E-state index is -0.119. The Morgan fingerprint density at radius 3 is 2.76 bits per heavy atom. The van der Waals surface area contributed by atoms with Gasteiger partial charge in [-0.3, -0.25) is 9.69 Å². The van der Waals surface area contributed by atoms with Crippen molar-refractivity contribution in [2.75, 3.05) is 26.2 Å². The molecule has 1 aliphatic heterocycles. The van der Waals surface area contributed by atoms with Gasteiger partial charge in [-0.05, 0) is 37.5 Å². The van der Waals surface area contributed by atoms with Gasteiger partial charge < -0.3 is 19.3 Å². The second-order valence-corrected chi connectivity index (χ2v) is 8.27. The molecular formula is C22H31N3O4. The van der Waals surface area contributed by atoms with Gasteiger partial charge in [0.1, 0.15) is 11.5 Å². The molecule has 3 rings (SSSR count). The summed E-state index contributed by atoms with van der Waals surface area (Å²) in [6.07, 6.45) is -0.119. The number of ether oxygens (including phenoxy) is 1. The molecule has 158 valence electrons. The summed E-state index contributed by atoms with van der Waals surface area (Å²) < 4.78 is 11.5. The van der Waals surface area contributed by atoms with Gasteiger partial charge in [0.2, 0.25) is 5.91 Å². The van der Waals surface area contributed by atoms with E-state index in [1.165, 1.54) is 0 Å². The molecule has 1 unspecified atom stereocenters. The summed E-state index contributed by atoms with van der Waals surface area (Å²) >= 11 is 0. The first-order chi connectivity index (χ1) is 13.8. The number of phenols is 1. The lowest BCUT2D eigenvalue weighted by molar-refractivity contribution is -0.132. The van der Waals surface area contributed by atoms with Crippen LogP contribution in [-0.4, -0.2) is 58.3 Å². The number of benzene rings is 1. The van der Waals surface area contributed by atoms with Crippen LogP contribution in [0.5, 0.6) is 5.75 Å². The Morgan fingerprint density at radius 1 is 1.31 bits per heavy atom. The molecule has 1 saturated heterocycles. The molecule has 1 N–H and O–H groups in total. The van der Waals surface area contributed by atoms with E-state index in [2.05, 4.69) is 23.9 Å². The van der Waals surface area contributed by atoms with E-state index in [1.807, 2.05) is 30.9 Å². The fraction of sp³-hybridized carbons (Fsp3) is 0.545. The zero-order valence-electron chi connectivity index (χ0n) is 17.7. The van der Waals surface area contributed by atoms with E-state index in [9.17, 15) is 9.90 Å². The van der Waals surface area contributed by atoms with Crippen LogP contribution in [0.15, 0.2) is 28.8 Å². The van der Waals surface area contributed by atoms with Crippen LogP contribution in [0.4, 0.5) is 0 Å². The summed E-state index contributed by atoms with van der Waals surface area (Å²) in [5.74, 6) is 1.50. The summed E-state index contributed by atoms with van der Waals surface area (Å²) in [6, 6.07) is 7.17. The number of carbonyl (C=O) groups excluding carboxylic acids is 1. The smallest absolute Gasteiger partial charge is 0.236 e. The maximum Gasteiger partial charge on any atom is 0.236 e. The van der Waals surface area contributed by atoms with Crippen molar-refractivity contribution < 1.29 is 19.2 Å². The fourth-order valence-electron chi connectivity index (χ4n) is 3.71. The zero-order chi connectivity index (χ0) is 21.0. The third-order valence-corrected chi connectivity index (χ3v) is 5.14. The lowest BCUT2D eigenvalue weighted by atomic mass is 10.2. The highest BCUT2D eigenvalue weighted by Gasteiger charge is 2.29. The van der Waals surface area contributed by atoms with Gasteiger partial charge in [0.05, 0.1) is 24.9 Å². The SMILES string of the molecule is Cc1noc(C)c1COC1CN(Cc2cccc(O)c2)CC(=O)N(CC(C)C)C1. The summed E-state index contributed by atoms with van der Waals surface area (Å²) in [6.45, 7) is 11.3. The number of hydrogen-bond donors (Lipinski definition) is 1. The highest BCUT2D eigenvalue weighted by molar-refractivity contribution is 5.78. The molecule has 0 radical (unpaired) electrons. The third kappa shape index (κ3) is 5.81. The number of rotatable bonds is 7. The van der Waals surface area contributed by atoms with Crippen LogP contribution in [0.25, 0.3) is 0 Å². The van der Waals surface area contributed by atoms with E-state index in [1.54, 1.807) is 12.1 Å². The summed E-state index contributed by atoms with van der Waals surface area (Å²) in [7, 11) is 0. The van der Waals surface area contributed by atoms with E-state index in [0.29, 0.717) is 45.2 Å². The Labute approximate surface area is 172 Å². The molecule has 1 aromatic carbocycles. The van der Waals surface area contributed by atoms with E-state index in [0.717, 1.165) is 22.6 Å². The number of aromatic nitrogens is 1. The summed E-state index contributed by atoms with van der Waals surface area (Å²) in [4.78, 5) is 16.9. The van der Waals surface area contributed by atoms with Crippen molar-refractivity contribution >= 4 is 5.91 Å². The molecule has 1 atom stereocenters. The average molecular weight is 402 g/mol. The maximum absolute atomic E-state index is 12.9. The second-order valence-electron chi connectivity index (χ2n) is 8.27. The number of amides is 1. The third-order valence-electron chi connectivity index (χ3n) is 5.14. The molecule has 7 nitrogen and oxygen atoms in total. The molecule has 2 aromatic rings. The Bertz CT molecular complexity index is 814. The molecular weight excluding hydrogens is 370 g/mol. The Morgan fingerprint density at radius 2 is 2.10 bits per heavy atom. The number of phenolic OH excluding ortho intramolecular Hbond substituents is 1. The van der Waals surface area contributed by atoms with E-state index >= 15 is 0 Å². The summed E-state index contributed by atoms with van der Waals surface area (Å²) in [5.41, 5.74) is 2.78. The second kappa shape index (κ2) is 9.41. The van der Waals surface area contributed by atoms with Crippen molar-refractivity contribution in [1.29, 1.82) is 0 Å². The predicted molar refractivity (Wildman–Crippen MR) is 109 cm³/mol. The number of aromatic hydroxyl groups is 1. The van der Waals surface area contributed by atoms with Crippen LogP contribution in [0.2, 0.25) is 0 Å². The first kappa shape index (κ1) is 21.3. The molecule has 0 aliphatic carbocycles. The quantitative estimate of drug-likeness (QED) is 0.769. The first-order valence-electron chi connectivity index (χ1n) is 10.1. The number of hydrogen-bond acceptors (Lipinski definition) is 6. The molecule has 0 spiro atoms. The van der Waals surface area contributed by atoms with Crippen LogP contribution < -0.4 is 0 Å². The average Bonchev–Trinajstić information content (AvgIpc) is 2.88. The van der Waals surface area contributed by atoms with Gasteiger partial charge in [-0.2, -0.15) is 0 Å². The van der Waals surface area contributed by atoms with Crippen LogP contribution >= 0.6 is 0 Å². The number of carbonyl (C=O) groups is 1. The van der Waals surface area contributed by atoms with Gasteiger partial charge in [-0.25, -0.2) is 0 Å². The Balaban J connectivity index is 1.73. The van der Waals surface area contributed by atoms with E-state index < -0.39 is 0 Å². The topological polar surface area (TPSA) is 79.0 Å². The highest BCUT2D eigenvalue weighted by atomic mass is 16.5. The minimum Gasteiger partial charge on any atom is -0.508 e. The van der Waals surface area contributed by atoms with E-state index in [4.69, 9.17) is 9.26 Å². The molecule has 29 heavy (non-hydrogen) atoms. The predicted octanol–water partition coefficient (Wildman–Crippen LogP) is 2.88. The van der Waals surface area contributed by atoms with Gasteiger partial charge in [0.25, 0.3) is 0 Å². The van der Waals surface area contributed by atoms with Gasteiger partial charge >= 0.3 is 0 Å². The van der Waals surface area contributed by atoms with Crippen molar-refractivity contribution in [3.63, 3.8) is 0 Å². The largest absolute Gasteiger partial charge is 0.508 e. The standard InChI is InChI=1S/C22H31N3O4/c1-15(2)9-25-12-20(28-14-21-16(3)23-29-17(21)4)11-24(13-22(25)27)10-18-6-5-7-19(26)8-18/h5-8,15,20,26H,9-14H2,1-4H3. The first-order valence-corrected chi connectivity index (χ1v) is 10.1. The molecule has 1 aliphatic rings. The molecule has 0 saturated carbocycles. The van der Waals surface area contributed by atoms with Gasteiger partial charge in [0.15, 0.2) is 0 Å². The minimum absolute atomic E-state index is 0.113. The monoisotopic (exact) mass is 401 g/mol. The normalized spacial score (nSPS) is 18.4. The molecule has 2 heterocycles. The van der Waals surface area contributed by atoms with Crippen molar-refractivity contribution in [3.8, 4) is 5.75 Å². The summed E-state index contributed by atoms with van der Waals surface area (Å²) in [5, 5.41) is 13.7. The van der Waals surface area contributed by atoms with Crippen LogP contribution in [-0.2, 0) is 22.7 Å². The fourth-order valence-corrected chi connectivity index (χ4v) is 3.71. The Hall–Kier alpha value is -2.38. The van der Waals surface area contributed by atoms with Crippen molar-refractivity contribution in [3.05, 3.63) is 46.8 Å². The highest BCUT2D eigenvalue weighted by Crippen LogP contribution is 2.19. The van der Waals surface area contributed by atoms with E-state index in [-0.39, 0.29) is 17.8 Å². The van der Waals surface area contributed by atoms with Crippen LogP contribution in [0.3, 0.4) is 0 Å². The number of nitrogens with zero attached hydrogens (tertiary/aromatic N) is 3. The lowest BCUT2D eigenvalue weighted by Crippen LogP contribution is -2.40. The van der Waals surface area contributed by atoms with Crippen molar-refractivity contribution in [1.82, 2.24) is 15.0 Å². The maximum atomic E-state index is 12.9. The van der Waals surface area contributed by atoms with Gasteiger partial charge in [-0.1, -0.05) is 31.1 Å². The van der Waals surface area contributed by atoms with Crippen LogP contribution in [0, 0.1) is 19.8 Å². The Kier molecular flexibility index (Phi) is 6.92. The molecule has 1 amide bonds.